The van der Waals surface area contributed by atoms with Crippen LogP contribution in [0.25, 0.3) is 0 Å². The Morgan fingerprint density at radius 1 is 1.26 bits per heavy atom. The van der Waals surface area contributed by atoms with Gasteiger partial charge in [0.15, 0.2) is 0 Å². The largest absolute Gasteiger partial charge is 0.352 e. The van der Waals surface area contributed by atoms with Crippen LogP contribution >= 0.6 is 11.8 Å². The van der Waals surface area contributed by atoms with Crippen LogP contribution < -0.4 is 5.32 Å². The van der Waals surface area contributed by atoms with Gasteiger partial charge in [-0.05, 0) is 18.6 Å². The molecule has 0 aliphatic heterocycles. The zero-order chi connectivity index (χ0) is 14.1. The molecule has 0 spiro atoms. The van der Waals surface area contributed by atoms with Crippen molar-refractivity contribution in [3.05, 3.63) is 30.3 Å². The maximum atomic E-state index is 11.3. The molecule has 0 fully saturated rings. The van der Waals surface area contributed by atoms with E-state index in [1.54, 1.807) is 6.92 Å². The van der Waals surface area contributed by atoms with Gasteiger partial charge in [-0.1, -0.05) is 51.3 Å². The van der Waals surface area contributed by atoms with Crippen molar-refractivity contribution in [2.24, 2.45) is 0 Å². The minimum absolute atomic E-state index is 0.0713. The fourth-order valence-corrected chi connectivity index (χ4v) is 3.21. The lowest BCUT2D eigenvalue weighted by molar-refractivity contribution is -0.119. The highest BCUT2D eigenvalue weighted by Crippen LogP contribution is 2.26. The van der Waals surface area contributed by atoms with E-state index in [0.717, 1.165) is 6.42 Å². The fourth-order valence-electron chi connectivity index (χ4n) is 2.10. The number of benzene rings is 1. The lowest BCUT2D eigenvalue weighted by Gasteiger charge is -2.24. The van der Waals surface area contributed by atoms with Gasteiger partial charge in [0, 0.05) is 23.1 Å². The second-order valence-electron chi connectivity index (χ2n) is 4.94. The molecule has 1 rings (SSSR count). The van der Waals surface area contributed by atoms with Crippen molar-refractivity contribution < 1.29 is 4.79 Å². The smallest absolute Gasteiger partial charge is 0.217 e. The first-order valence-corrected chi connectivity index (χ1v) is 8.00. The van der Waals surface area contributed by atoms with Crippen LogP contribution in [0.15, 0.2) is 35.2 Å². The predicted octanol–water partition coefficient (Wildman–Crippen LogP) is 4.25. The van der Waals surface area contributed by atoms with Crippen LogP contribution in [0, 0.1) is 0 Å². The van der Waals surface area contributed by atoms with E-state index in [9.17, 15) is 4.79 Å². The van der Waals surface area contributed by atoms with Gasteiger partial charge in [-0.3, -0.25) is 4.79 Å². The highest BCUT2D eigenvalue weighted by atomic mass is 32.2. The van der Waals surface area contributed by atoms with Crippen LogP contribution in [0.1, 0.15) is 46.5 Å². The van der Waals surface area contributed by atoms with E-state index in [0.29, 0.717) is 5.25 Å². The molecule has 106 valence electrons. The lowest BCUT2D eigenvalue weighted by Crippen LogP contribution is -2.39. The van der Waals surface area contributed by atoms with Crippen molar-refractivity contribution in [2.45, 2.75) is 62.6 Å². The fraction of sp³-hybridized carbons (Fsp3) is 0.562. The second kappa shape index (κ2) is 9.03. The van der Waals surface area contributed by atoms with E-state index < -0.39 is 0 Å². The summed E-state index contributed by atoms with van der Waals surface area (Å²) in [5.41, 5.74) is 0. The van der Waals surface area contributed by atoms with Crippen molar-refractivity contribution in [1.29, 1.82) is 0 Å². The van der Waals surface area contributed by atoms with Crippen LogP contribution in [0.5, 0.6) is 0 Å². The van der Waals surface area contributed by atoms with Gasteiger partial charge in [-0.15, -0.1) is 11.8 Å². The number of hydrogen-bond donors (Lipinski definition) is 1. The molecule has 2 nitrogen and oxygen atoms in total. The van der Waals surface area contributed by atoms with E-state index in [1.165, 1.54) is 24.2 Å². The van der Waals surface area contributed by atoms with Gasteiger partial charge in [0.25, 0.3) is 0 Å². The van der Waals surface area contributed by atoms with Crippen molar-refractivity contribution in [2.75, 3.05) is 0 Å². The van der Waals surface area contributed by atoms with E-state index >= 15 is 0 Å². The summed E-state index contributed by atoms with van der Waals surface area (Å²) in [4.78, 5) is 12.6. The Morgan fingerprint density at radius 3 is 2.53 bits per heavy atom. The third kappa shape index (κ3) is 6.67. The Morgan fingerprint density at radius 2 is 1.95 bits per heavy atom. The molecule has 1 aromatic carbocycles. The molecule has 0 bridgehead atoms. The third-order valence-corrected chi connectivity index (χ3v) is 4.38. The standard InChI is InChI=1S/C16H25NOS/c1-4-5-7-12-16(17-14(3)18)13(2)19-15-10-8-6-9-11-15/h6,8-11,13,16H,4-5,7,12H2,1-3H3,(H,17,18). The summed E-state index contributed by atoms with van der Waals surface area (Å²) >= 11 is 1.84. The summed E-state index contributed by atoms with van der Waals surface area (Å²) in [6, 6.07) is 10.6. The lowest BCUT2D eigenvalue weighted by atomic mass is 10.1. The first kappa shape index (κ1) is 16.1. The molecule has 1 aromatic rings. The van der Waals surface area contributed by atoms with Crippen LogP contribution in [-0.2, 0) is 4.79 Å². The summed E-state index contributed by atoms with van der Waals surface area (Å²) in [6.45, 7) is 6.01. The van der Waals surface area contributed by atoms with Crippen molar-refractivity contribution in [3.8, 4) is 0 Å². The van der Waals surface area contributed by atoms with Gasteiger partial charge in [-0.2, -0.15) is 0 Å². The van der Waals surface area contributed by atoms with E-state index in [4.69, 9.17) is 0 Å². The summed E-state index contributed by atoms with van der Waals surface area (Å²) < 4.78 is 0. The molecular weight excluding hydrogens is 254 g/mol. The molecule has 0 aromatic heterocycles. The van der Waals surface area contributed by atoms with Gasteiger partial charge in [-0.25, -0.2) is 0 Å². The molecule has 2 unspecified atom stereocenters. The molecule has 0 radical (unpaired) electrons. The zero-order valence-electron chi connectivity index (χ0n) is 12.2. The quantitative estimate of drug-likeness (QED) is 0.569. The Bertz CT molecular complexity index is 366. The maximum absolute atomic E-state index is 11.3. The first-order chi connectivity index (χ1) is 9.13. The topological polar surface area (TPSA) is 29.1 Å². The maximum Gasteiger partial charge on any atom is 0.217 e. The normalized spacial score (nSPS) is 13.8. The van der Waals surface area contributed by atoms with Crippen LogP contribution in [0.4, 0.5) is 0 Å². The molecule has 0 heterocycles. The Kier molecular flexibility index (Phi) is 7.65. The molecule has 0 saturated carbocycles. The zero-order valence-corrected chi connectivity index (χ0v) is 13.0. The predicted molar refractivity (Wildman–Crippen MR) is 83.5 cm³/mol. The van der Waals surface area contributed by atoms with Gasteiger partial charge < -0.3 is 5.32 Å². The Labute approximate surface area is 121 Å². The monoisotopic (exact) mass is 279 g/mol. The molecule has 2 atom stereocenters. The number of rotatable bonds is 8. The highest BCUT2D eigenvalue weighted by molar-refractivity contribution is 8.00. The van der Waals surface area contributed by atoms with E-state index in [-0.39, 0.29) is 11.9 Å². The number of carbonyl (C=O) groups is 1. The molecule has 0 aliphatic carbocycles. The number of carbonyl (C=O) groups excluding carboxylic acids is 1. The average molecular weight is 279 g/mol. The van der Waals surface area contributed by atoms with Gasteiger partial charge >= 0.3 is 0 Å². The molecule has 19 heavy (non-hydrogen) atoms. The average Bonchev–Trinajstić information content (AvgIpc) is 2.38. The summed E-state index contributed by atoms with van der Waals surface area (Å²) in [5, 5.41) is 3.49. The Hall–Kier alpha value is -0.960. The third-order valence-electron chi connectivity index (χ3n) is 3.14. The van der Waals surface area contributed by atoms with Gasteiger partial charge in [0.2, 0.25) is 5.91 Å². The molecule has 0 saturated heterocycles. The minimum Gasteiger partial charge on any atom is -0.352 e. The van der Waals surface area contributed by atoms with Crippen molar-refractivity contribution >= 4 is 17.7 Å². The number of hydrogen-bond acceptors (Lipinski definition) is 2. The van der Waals surface area contributed by atoms with Crippen molar-refractivity contribution in [3.63, 3.8) is 0 Å². The number of thioether (sulfide) groups is 1. The summed E-state index contributed by atoms with van der Waals surface area (Å²) in [5.74, 6) is 0.0713. The number of unbranched alkanes of at least 4 members (excludes halogenated alkanes) is 2. The van der Waals surface area contributed by atoms with Gasteiger partial charge in [0.05, 0.1) is 0 Å². The molecule has 1 amide bonds. The van der Waals surface area contributed by atoms with Crippen molar-refractivity contribution in [1.82, 2.24) is 5.32 Å². The molecule has 1 N–H and O–H groups in total. The highest BCUT2D eigenvalue weighted by Gasteiger charge is 2.18. The summed E-state index contributed by atoms with van der Waals surface area (Å²) in [6.07, 6.45) is 4.70. The van der Waals surface area contributed by atoms with Gasteiger partial charge in [0.1, 0.15) is 0 Å². The second-order valence-corrected chi connectivity index (χ2v) is 6.39. The number of amides is 1. The molecule has 0 aliphatic rings. The van der Waals surface area contributed by atoms with Crippen LogP contribution in [-0.4, -0.2) is 17.2 Å². The first-order valence-electron chi connectivity index (χ1n) is 7.12. The molecule has 3 heteroatoms. The van der Waals surface area contributed by atoms with E-state index in [2.05, 4.69) is 43.4 Å². The van der Waals surface area contributed by atoms with Crippen LogP contribution in [0.3, 0.4) is 0 Å². The Balaban J connectivity index is 2.54. The summed E-state index contributed by atoms with van der Waals surface area (Å²) in [7, 11) is 0. The minimum atomic E-state index is 0.0713. The SMILES string of the molecule is CCCCCC(NC(C)=O)C(C)Sc1ccccc1. The molecular formula is C16H25NOS. The van der Waals surface area contributed by atoms with Crippen LogP contribution in [0.2, 0.25) is 0 Å². The van der Waals surface area contributed by atoms with E-state index in [1.807, 2.05) is 17.8 Å². The number of nitrogens with one attached hydrogen (secondary N) is 1.